The van der Waals surface area contributed by atoms with Crippen molar-refractivity contribution in [2.24, 2.45) is 47.3 Å². The molecule has 2 aliphatic carbocycles. The van der Waals surface area contributed by atoms with Gasteiger partial charge in [-0.3, -0.25) is 0 Å². The van der Waals surface area contributed by atoms with Gasteiger partial charge in [0.1, 0.15) is 0 Å². The fraction of sp³-hybridized carbons (Fsp3) is 1.00. The molecule has 0 aromatic rings. The second kappa shape index (κ2) is 12.8. The quantitative estimate of drug-likeness (QED) is 0.347. The third-order valence-corrected chi connectivity index (χ3v) is 8.78. The summed E-state index contributed by atoms with van der Waals surface area (Å²) in [6, 6.07) is 1.47. The second-order valence-electron chi connectivity index (χ2n) is 12.2. The van der Waals surface area contributed by atoms with Gasteiger partial charge in [-0.05, 0) is 99.0 Å². The largest absolute Gasteiger partial charge is 0.313 e. The first-order valence-electron chi connectivity index (χ1n) is 13.7. The molecule has 0 spiro atoms. The molecule has 4 atom stereocenters. The maximum absolute atomic E-state index is 4.05. The molecular formula is C28H56N2. The Morgan fingerprint density at radius 2 is 0.767 bits per heavy atom. The lowest BCUT2D eigenvalue weighted by Crippen LogP contribution is -2.49. The Hall–Kier alpha value is -0.0800. The van der Waals surface area contributed by atoms with Crippen LogP contribution in [0.1, 0.15) is 107 Å². The number of hydrogen-bond acceptors (Lipinski definition) is 2. The Bertz CT molecular complexity index is 382. The van der Waals surface area contributed by atoms with Crippen molar-refractivity contribution in [3.63, 3.8) is 0 Å². The first kappa shape index (κ1) is 26.2. The number of hydrogen-bond donors (Lipinski definition) is 2. The molecule has 0 saturated heterocycles. The molecule has 0 heterocycles. The van der Waals surface area contributed by atoms with E-state index in [4.69, 9.17) is 0 Å². The first-order valence-corrected chi connectivity index (χ1v) is 13.7. The van der Waals surface area contributed by atoms with Crippen molar-refractivity contribution in [1.82, 2.24) is 10.6 Å². The van der Waals surface area contributed by atoms with Gasteiger partial charge in [0.2, 0.25) is 0 Å². The van der Waals surface area contributed by atoms with E-state index in [1.807, 2.05) is 0 Å². The summed E-state index contributed by atoms with van der Waals surface area (Å²) in [5, 5.41) is 8.10. The fourth-order valence-electron chi connectivity index (χ4n) is 6.92. The van der Waals surface area contributed by atoms with Crippen LogP contribution in [0.15, 0.2) is 0 Å². The molecule has 0 bridgehead atoms. The smallest absolute Gasteiger partial charge is 0.0128 e. The van der Waals surface area contributed by atoms with Crippen molar-refractivity contribution in [3.05, 3.63) is 0 Å². The van der Waals surface area contributed by atoms with Crippen LogP contribution in [-0.4, -0.2) is 25.2 Å². The zero-order valence-electron chi connectivity index (χ0n) is 21.8. The topological polar surface area (TPSA) is 24.1 Å². The van der Waals surface area contributed by atoms with E-state index in [-0.39, 0.29) is 0 Å². The highest BCUT2D eigenvalue weighted by atomic mass is 14.9. The van der Waals surface area contributed by atoms with Crippen LogP contribution in [0.3, 0.4) is 0 Å². The molecule has 2 aliphatic rings. The van der Waals surface area contributed by atoms with Crippen LogP contribution in [0, 0.1) is 47.3 Å². The van der Waals surface area contributed by atoms with E-state index in [9.17, 15) is 0 Å². The van der Waals surface area contributed by atoms with Crippen LogP contribution < -0.4 is 10.6 Å². The Morgan fingerprint density at radius 1 is 0.500 bits per heavy atom. The highest BCUT2D eigenvalue weighted by Crippen LogP contribution is 2.38. The van der Waals surface area contributed by atoms with Gasteiger partial charge in [0, 0.05) is 12.1 Å². The molecule has 2 nitrogen and oxygen atoms in total. The predicted octanol–water partition coefficient (Wildman–Crippen LogP) is 7.14. The first-order chi connectivity index (χ1) is 14.2. The third kappa shape index (κ3) is 7.22. The number of nitrogens with one attached hydrogen (secondary N) is 2. The molecule has 0 aromatic carbocycles. The monoisotopic (exact) mass is 420 g/mol. The molecule has 30 heavy (non-hydrogen) atoms. The van der Waals surface area contributed by atoms with Gasteiger partial charge in [0.25, 0.3) is 0 Å². The molecule has 4 unspecified atom stereocenters. The SMILES string of the molecule is CC(C)C1CCCC(C(C)C)C1NCCCCNC1C(C(C)C)CCCC1C(C)C. The Balaban J connectivity index is 1.79. The molecule has 2 saturated carbocycles. The van der Waals surface area contributed by atoms with E-state index in [1.54, 1.807) is 0 Å². The summed E-state index contributed by atoms with van der Waals surface area (Å²) in [4.78, 5) is 0. The van der Waals surface area contributed by atoms with Gasteiger partial charge in [0.15, 0.2) is 0 Å². The minimum atomic E-state index is 0.737. The number of rotatable bonds is 11. The van der Waals surface area contributed by atoms with Crippen LogP contribution >= 0.6 is 0 Å². The number of unbranched alkanes of at least 4 members (excludes halogenated alkanes) is 1. The summed E-state index contributed by atoms with van der Waals surface area (Å²) in [6.07, 6.45) is 11.2. The van der Waals surface area contributed by atoms with Crippen LogP contribution in [-0.2, 0) is 0 Å². The zero-order valence-corrected chi connectivity index (χ0v) is 21.8. The highest BCUT2D eigenvalue weighted by Gasteiger charge is 2.37. The van der Waals surface area contributed by atoms with Crippen LogP contribution in [0.5, 0.6) is 0 Å². The highest BCUT2D eigenvalue weighted by molar-refractivity contribution is 4.91. The molecule has 0 aliphatic heterocycles. The van der Waals surface area contributed by atoms with Crippen molar-refractivity contribution in [2.75, 3.05) is 13.1 Å². The van der Waals surface area contributed by atoms with Gasteiger partial charge in [0.05, 0.1) is 0 Å². The van der Waals surface area contributed by atoms with Gasteiger partial charge < -0.3 is 10.6 Å². The van der Waals surface area contributed by atoms with Crippen molar-refractivity contribution in [2.45, 2.75) is 119 Å². The van der Waals surface area contributed by atoms with Crippen molar-refractivity contribution < 1.29 is 0 Å². The lowest BCUT2D eigenvalue weighted by Gasteiger charge is -2.43. The van der Waals surface area contributed by atoms with Crippen LogP contribution in [0.25, 0.3) is 0 Å². The second-order valence-corrected chi connectivity index (χ2v) is 12.2. The molecule has 178 valence electrons. The standard InChI is InChI=1S/C28H56N2/c1-19(2)23-13-11-14-24(20(3)4)27(23)29-17-9-10-18-30-28-25(21(5)6)15-12-16-26(28)22(7)8/h19-30H,9-18H2,1-8H3. The Kier molecular flexibility index (Phi) is 11.2. The predicted molar refractivity (Wildman–Crippen MR) is 134 cm³/mol. The van der Waals surface area contributed by atoms with Gasteiger partial charge in [-0.2, -0.15) is 0 Å². The maximum atomic E-state index is 4.05. The van der Waals surface area contributed by atoms with Gasteiger partial charge in [-0.1, -0.05) is 68.2 Å². The van der Waals surface area contributed by atoms with E-state index in [1.165, 1.54) is 64.5 Å². The Labute approximate surface area is 190 Å². The summed E-state index contributed by atoms with van der Waals surface area (Å²) in [5.74, 6) is 6.68. The summed E-state index contributed by atoms with van der Waals surface area (Å²) < 4.78 is 0. The van der Waals surface area contributed by atoms with E-state index in [0.29, 0.717) is 0 Å². The van der Waals surface area contributed by atoms with Crippen molar-refractivity contribution in [1.29, 1.82) is 0 Å². The van der Waals surface area contributed by atoms with Crippen molar-refractivity contribution in [3.8, 4) is 0 Å². The lowest BCUT2D eigenvalue weighted by molar-refractivity contribution is 0.110. The van der Waals surface area contributed by atoms with Crippen molar-refractivity contribution >= 4 is 0 Å². The molecule has 0 aromatic heterocycles. The fourth-order valence-corrected chi connectivity index (χ4v) is 6.92. The molecular weight excluding hydrogens is 364 g/mol. The van der Waals surface area contributed by atoms with E-state index in [0.717, 1.165) is 59.4 Å². The molecule has 0 amide bonds. The minimum Gasteiger partial charge on any atom is -0.313 e. The Morgan fingerprint density at radius 3 is 1.00 bits per heavy atom. The van der Waals surface area contributed by atoms with Crippen LogP contribution in [0.2, 0.25) is 0 Å². The van der Waals surface area contributed by atoms with Gasteiger partial charge in [-0.15, -0.1) is 0 Å². The van der Waals surface area contributed by atoms with Crippen LogP contribution in [0.4, 0.5) is 0 Å². The minimum absolute atomic E-state index is 0.737. The third-order valence-electron chi connectivity index (χ3n) is 8.78. The average molecular weight is 421 g/mol. The molecule has 0 radical (unpaired) electrons. The summed E-state index contributed by atoms with van der Waals surface area (Å²) in [5.41, 5.74) is 0. The molecule has 2 N–H and O–H groups in total. The zero-order chi connectivity index (χ0) is 22.3. The summed E-state index contributed by atoms with van der Waals surface area (Å²) in [6.45, 7) is 21.9. The molecule has 2 fully saturated rings. The lowest BCUT2D eigenvalue weighted by atomic mass is 9.68. The molecule has 2 heteroatoms. The maximum Gasteiger partial charge on any atom is 0.0128 e. The van der Waals surface area contributed by atoms with E-state index >= 15 is 0 Å². The van der Waals surface area contributed by atoms with E-state index in [2.05, 4.69) is 66.0 Å². The molecule has 2 rings (SSSR count). The van der Waals surface area contributed by atoms with E-state index < -0.39 is 0 Å². The summed E-state index contributed by atoms with van der Waals surface area (Å²) >= 11 is 0. The summed E-state index contributed by atoms with van der Waals surface area (Å²) in [7, 11) is 0. The normalized spacial score (nSPS) is 33.2. The average Bonchev–Trinajstić information content (AvgIpc) is 2.69. The van der Waals surface area contributed by atoms with Gasteiger partial charge >= 0.3 is 0 Å². The van der Waals surface area contributed by atoms with Gasteiger partial charge in [-0.25, -0.2) is 0 Å².